The van der Waals surface area contributed by atoms with Gasteiger partial charge in [0.05, 0.1) is 34.7 Å². The molecular formula is C21H27Cl2N3O5S. The van der Waals surface area contributed by atoms with Crippen LogP contribution in [-0.2, 0) is 19.6 Å². The number of carbonyl (C=O) groups is 1. The first-order valence-electron chi connectivity index (χ1n) is 10.6. The number of hydrogen-bond acceptors (Lipinski definition) is 6. The third-order valence-corrected chi connectivity index (χ3v) is 10.1. The summed E-state index contributed by atoms with van der Waals surface area (Å²) in [5, 5.41) is 7.41. The Balaban J connectivity index is 1.52. The van der Waals surface area contributed by atoms with E-state index in [-0.39, 0.29) is 11.2 Å². The van der Waals surface area contributed by atoms with Crippen LogP contribution >= 0.6 is 23.2 Å². The summed E-state index contributed by atoms with van der Waals surface area (Å²) >= 11 is 11.9. The van der Waals surface area contributed by atoms with Gasteiger partial charge in [-0.05, 0) is 48.8 Å². The van der Waals surface area contributed by atoms with E-state index in [1.807, 2.05) is 0 Å². The van der Waals surface area contributed by atoms with Gasteiger partial charge in [-0.15, -0.1) is 0 Å². The predicted octanol–water partition coefficient (Wildman–Crippen LogP) is 4.39. The van der Waals surface area contributed by atoms with E-state index in [1.54, 1.807) is 12.1 Å². The van der Waals surface area contributed by atoms with Crippen LogP contribution in [0.1, 0.15) is 33.1 Å². The lowest BCUT2D eigenvalue weighted by atomic mass is 9.70. The SMILES string of the molecule is CC1(C)C2CCC1(CS(=O)(=O)N1CCOCC1)/C(=N/OC(=O)Nc1ccc(Cl)c(Cl)c1)C2. The monoisotopic (exact) mass is 503 g/mol. The van der Waals surface area contributed by atoms with Gasteiger partial charge < -0.3 is 4.74 Å². The Labute approximate surface area is 198 Å². The lowest BCUT2D eigenvalue weighted by Gasteiger charge is -2.39. The highest BCUT2D eigenvalue weighted by atomic mass is 35.5. The molecule has 2 atom stereocenters. The molecule has 2 aliphatic carbocycles. The van der Waals surface area contributed by atoms with Crippen molar-refractivity contribution < 1.29 is 22.8 Å². The van der Waals surface area contributed by atoms with Gasteiger partial charge >= 0.3 is 6.09 Å². The highest BCUT2D eigenvalue weighted by Gasteiger charge is 2.64. The molecule has 8 nitrogen and oxygen atoms in total. The first kappa shape index (κ1) is 23.8. The Bertz CT molecular complexity index is 1040. The van der Waals surface area contributed by atoms with Crippen LogP contribution in [0.15, 0.2) is 23.4 Å². The normalized spacial score (nSPS) is 28.8. The first-order chi connectivity index (χ1) is 15.0. The Kier molecular flexibility index (Phi) is 6.50. The first-order valence-corrected chi connectivity index (χ1v) is 13.0. The van der Waals surface area contributed by atoms with Crippen LogP contribution in [0.3, 0.4) is 0 Å². The number of oxime groups is 1. The van der Waals surface area contributed by atoms with Crippen LogP contribution in [0.5, 0.6) is 0 Å². The highest BCUT2D eigenvalue weighted by molar-refractivity contribution is 7.89. The second-order valence-corrected chi connectivity index (χ2v) is 12.0. The van der Waals surface area contributed by atoms with Crippen molar-refractivity contribution in [3.05, 3.63) is 28.2 Å². The van der Waals surface area contributed by atoms with Crippen molar-refractivity contribution in [1.29, 1.82) is 0 Å². The molecule has 2 unspecified atom stereocenters. The zero-order valence-electron chi connectivity index (χ0n) is 18.1. The number of morpholine rings is 1. The third kappa shape index (κ3) is 4.25. The fourth-order valence-electron chi connectivity index (χ4n) is 5.30. The van der Waals surface area contributed by atoms with E-state index in [4.69, 9.17) is 32.8 Å². The predicted molar refractivity (Wildman–Crippen MR) is 124 cm³/mol. The van der Waals surface area contributed by atoms with Gasteiger partial charge in [0.2, 0.25) is 10.0 Å². The van der Waals surface area contributed by atoms with E-state index >= 15 is 0 Å². The van der Waals surface area contributed by atoms with Crippen LogP contribution < -0.4 is 5.32 Å². The van der Waals surface area contributed by atoms with Crippen LogP contribution in [0.4, 0.5) is 10.5 Å². The van der Waals surface area contributed by atoms with Gasteiger partial charge in [-0.3, -0.25) is 10.2 Å². The molecule has 1 aromatic carbocycles. The van der Waals surface area contributed by atoms with E-state index in [9.17, 15) is 13.2 Å². The highest BCUT2D eigenvalue weighted by Crippen LogP contribution is 2.64. The summed E-state index contributed by atoms with van der Waals surface area (Å²) in [5.41, 5.74) is 0.121. The molecular weight excluding hydrogens is 477 g/mol. The Hall–Kier alpha value is -1.39. The van der Waals surface area contributed by atoms with Gasteiger partial charge in [0, 0.05) is 24.2 Å². The number of halogens is 2. The molecule has 176 valence electrons. The molecule has 0 spiro atoms. The standard InChI is InChI=1S/C21H27Cl2N3O5S/c1-20(2)14-5-6-21(20,13-32(28,29)26-7-9-30-10-8-26)18(11-14)25-31-19(27)24-15-3-4-16(22)17(23)12-15/h3-4,12,14H,5-11,13H2,1-2H3,(H,24,27)/b25-18+. The van der Waals surface area contributed by atoms with Gasteiger partial charge in [-0.2, -0.15) is 4.31 Å². The lowest BCUT2D eigenvalue weighted by Crippen LogP contribution is -2.49. The molecule has 0 aromatic heterocycles. The smallest absolute Gasteiger partial charge is 0.379 e. The molecule has 2 bridgehead atoms. The molecule has 11 heteroatoms. The second-order valence-electron chi connectivity index (χ2n) is 9.18. The topological polar surface area (TPSA) is 97.3 Å². The number of carbonyl (C=O) groups excluding carboxylic acids is 1. The summed E-state index contributed by atoms with van der Waals surface area (Å²) in [6.07, 6.45) is 1.47. The van der Waals surface area contributed by atoms with Gasteiger partial charge in [-0.25, -0.2) is 13.2 Å². The molecule has 0 radical (unpaired) electrons. The number of anilines is 1. The van der Waals surface area contributed by atoms with Crippen molar-refractivity contribution in [2.24, 2.45) is 21.9 Å². The zero-order chi connectivity index (χ0) is 23.1. The van der Waals surface area contributed by atoms with Crippen molar-refractivity contribution in [2.75, 3.05) is 37.4 Å². The number of nitrogens with one attached hydrogen (secondary N) is 1. The lowest BCUT2D eigenvalue weighted by molar-refractivity contribution is 0.0722. The van der Waals surface area contributed by atoms with Gasteiger partial charge in [-0.1, -0.05) is 42.2 Å². The zero-order valence-corrected chi connectivity index (χ0v) is 20.4. The molecule has 32 heavy (non-hydrogen) atoms. The molecule has 1 heterocycles. The summed E-state index contributed by atoms with van der Waals surface area (Å²) in [4.78, 5) is 17.5. The number of hydrogen-bond donors (Lipinski definition) is 1. The number of fused-ring (bicyclic) bond motifs is 2. The average molecular weight is 504 g/mol. The van der Waals surface area contributed by atoms with E-state index in [1.165, 1.54) is 10.4 Å². The maximum absolute atomic E-state index is 13.3. The van der Waals surface area contributed by atoms with Crippen LogP contribution in [-0.4, -0.2) is 56.6 Å². The van der Waals surface area contributed by atoms with E-state index < -0.39 is 21.5 Å². The quantitative estimate of drug-likeness (QED) is 0.474. The molecule has 1 aromatic rings. The Morgan fingerprint density at radius 3 is 2.66 bits per heavy atom. The number of amides is 1. The minimum absolute atomic E-state index is 0.0416. The van der Waals surface area contributed by atoms with Crippen molar-refractivity contribution in [2.45, 2.75) is 33.1 Å². The van der Waals surface area contributed by atoms with E-state index in [0.29, 0.717) is 66.5 Å². The van der Waals surface area contributed by atoms with Gasteiger partial charge in [0.25, 0.3) is 0 Å². The molecule has 3 aliphatic rings. The molecule has 1 saturated heterocycles. The minimum atomic E-state index is -3.52. The summed E-state index contributed by atoms with van der Waals surface area (Å²) in [6, 6.07) is 4.67. The minimum Gasteiger partial charge on any atom is -0.379 e. The molecule has 1 N–H and O–H groups in total. The number of sulfonamides is 1. The van der Waals surface area contributed by atoms with Crippen molar-refractivity contribution in [1.82, 2.24) is 4.31 Å². The number of benzene rings is 1. The van der Waals surface area contributed by atoms with Crippen LogP contribution in [0.2, 0.25) is 10.0 Å². The molecule has 4 rings (SSSR count). The Morgan fingerprint density at radius 1 is 1.28 bits per heavy atom. The van der Waals surface area contributed by atoms with Crippen LogP contribution in [0.25, 0.3) is 0 Å². The summed E-state index contributed by atoms with van der Waals surface area (Å²) in [6.45, 7) is 5.71. The maximum atomic E-state index is 13.3. The van der Waals surface area contributed by atoms with Crippen molar-refractivity contribution >= 4 is 50.7 Å². The largest absolute Gasteiger partial charge is 0.437 e. The van der Waals surface area contributed by atoms with Gasteiger partial charge in [0.1, 0.15) is 0 Å². The van der Waals surface area contributed by atoms with E-state index in [2.05, 4.69) is 24.3 Å². The maximum Gasteiger partial charge on any atom is 0.437 e. The fourth-order valence-corrected chi connectivity index (χ4v) is 7.79. The average Bonchev–Trinajstić information content (AvgIpc) is 3.10. The fraction of sp³-hybridized carbons (Fsp3) is 0.619. The third-order valence-electron chi connectivity index (χ3n) is 7.36. The van der Waals surface area contributed by atoms with E-state index in [0.717, 1.165) is 6.42 Å². The Morgan fingerprint density at radius 2 is 2.00 bits per heavy atom. The van der Waals surface area contributed by atoms with Crippen molar-refractivity contribution in [3.63, 3.8) is 0 Å². The number of rotatable bonds is 5. The number of nitrogens with zero attached hydrogens (tertiary/aromatic N) is 2. The molecule has 1 aliphatic heterocycles. The molecule has 3 fully saturated rings. The summed E-state index contributed by atoms with van der Waals surface area (Å²) < 4.78 is 33.3. The molecule has 1 amide bonds. The summed E-state index contributed by atoms with van der Waals surface area (Å²) in [7, 11) is -3.52. The van der Waals surface area contributed by atoms with Crippen molar-refractivity contribution in [3.8, 4) is 0 Å². The summed E-state index contributed by atoms with van der Waals surface area (Å²) in [5.74, 6) is 0.253. The van der Waals surface area contributed by atoms with Gasteiger partial charge in [0.15, 0.2) is 0 Å². The second kappa shape index (κ2) is 8.76. The van der Waals surface area contributed by atoms with Crippen LogP contribution in [0, 0.1) is 16.7 Å². The number of ether oxygens (including phenoxy) is 1. The molecule has 2 saturated carbocycles.